The predicted molar refractivity (Wildman–Crippen MR) is 79.9 cm³/mol. The van der Waals surface area contributed by atoms with Gasteiger partial charge in [0, 0.05) is 6.20 Å². The molecule has 4 heteroatoms. The molecule has 3 aromatic rings. The molecule has 19 heavy (non-hydrogen) atoms. The molecule has 2 heterocycles. The van der Waals surface area contributed by atoms with Gasteiger partial charge in [-0.3, -0.25) is 4.98 Å². The first-order valence-electron chi connectivity index (χ1n) is 6.27. The van der Waals surface area contributed by atoms with Gasteiger partial charge in [0.1, 0.15) is 0 Å². The van der Waals surface area contributed by atoms with E-state index in [1.165, 1.54) is 11.1 Å². The summed E-state index contributed by atoms with van der Waals surface area (Å²) < 4.78 is 2.87. The van der Waals surface area contributed by atoms with E-state index in [9.17, 15) is 0 Å². The Kier molecular flexibility index (Phi) is 2.95. The Balaban J connectivity index is 2.16. The Morgan fingerprint density at radius 3 is 2.68 bits per heavy atom. The summed E-state index contributed by atoms with van der Waals surface area (Å²) in [5, 5.41) is 0. The van der Waals surface area contributed by atoms with Gasteiger partial charge in [-0.25, -0.2) is 0 Å². The van der Waals surface area contributed by atoms with E-state index in [2.05, 4.69) is 52.6 Å². The van der Waals surface area contributed by atoms with Gasteiger partial charge >= 0.3 is 0 Å². The second-order valence-electron chi connectivity index (χ2n) is 4.78. The Morgan fingerprint density at radius 1 is 1.21 bits per heavy atom. The van der Waals surface area contributed by atoms with Crippen molar-refractivity contribution in [2.45, 2.75) is 19.9 Å². The lowest BCUT2D eigenvalue weighted by Crippen LogP contribution is -2.06. The van der Waals surface area contributed by atoms with Crippen LogP contribution in [-0.2, 0) is 0 Å². The first-order chi connectivity index (χ1) is 9.16. The molecule has 0 aliphatic carbocycles. The molecule has 0 aliphatic heterocycles. The first kappa shape index (κ1) is 12.1. The summed E-state index contributed by atoms with van der Waals surface area (Å²) in [7, 11) is 0. The molecule has 1 unspecified atom stereocenters. The Morgan fingerprint density at radius 2 is 1.95 bits per heavy atom. The number of benzene rings is 1. The fourth-order valence-electron chi connectivity index (χ4n) is 2.36. The molecule has 0 fully saturated rings. The summed E-state index contributed by atoms with van der Waals surface area (Å²) >= 11 is 5.43. The Hall–Kier alpha value is -1.94. The summed E-state index contributed by atoms with van der Waals surface area (Å²) in [6.07, 6.45) is 3.60. The van der Waals surface area contributed by atoms with Gasteiger partial charge in [0.15, 0.2) is 4.77 Å². The number of hydrogen-bond donors (Lipinski definition) is 1. The van der Waals surface area contributed by atoms with Gasteiger partial charge in [0.2, 0.25) is 0 Å². The predicted octanol–water partition coefficient (Wildman–Crippen LogP) is 4.01. The summed E-state index contributed by atoms with van der Waals surface area (Å²) in [6, 6.07) is 10.8. The summed E-state index contributed by atoms with van der Waals surface area (Å²) in [5.41, 5.74) is 4.58. The summed E-state index contributed by atoms with van der Waals surface area (Å²) in [5.74, 6) is 0. The normalized spacial score (nSPS) is 12.7. The van der Waals surface area contributed by atoms with Crippen LogP contribution < -0.4 is 0 Å². The molecule has 0 amide bonds. The average Bonchev–Trinajstić information content (AvgIpc) is 2.74. The molecule has 1 atom stereocenters. The van der Waals surface area contributed by atoms with Crippen molar-refractivity contribution in [1.82, 2.24) is 14.5 Å². The minimum absolute atomic E-state index is 0.198. The Bertz CT molecular complexity index is 768. The lowest BCUT2D eigenvalue weighted by Gasteiger charge is -2.15. The number of H-pyrrole nitrogens is 1. The van der Waals surface area contributed by atoms with Crippen LogP contribution >= 0.6 is 12.2 Å². The van der Waals surface area contributed by atoms with E-state index in [0.29, 0.717) is 0 Å². The molecule has 1 aromatic carbocycles. The first-order valence-corrected chi connectivity index (χ1v) is 6.68. The van der Waals surface area contributed by atoms with Crippen LogP contribution in [0.1, 0.15) is 24.1 Å². The van der Waals surface area contributed by atoms with Crippen LogP contribution in [0.25, 0.3) is 11.0 Å². The fraction of sp³-hybridized carbons (Fsp3) is 0.200. The zero-order valence-electron chi connectivity index (χ0n) is 10.9. The van der Waals surface area contributed by atoms with Crippen molar-refractivity contribution >= 4 is 23.3 Å². The van der Waals surface area contributed by atoms with Crippen molar-refractivity contribution in [1.29, 1.82) is 0 Å². The molecule has 0 aliphatic rings. The molecule has 0 saturated carbocycles. The zero-order valence-corrected chi connectivity index (χ0v) is 11.7. The van der Waals surface area contributed by atoms with Crippen molar-refractivity contribution in [2.24, 2.45) is 0 Å². The van der Waals surface area contributed by atoms with Gasteiger partial charge < -0.3 is 9.55 Å². The fourth-order valence-corrected chi connectivity index (χ4v) is 2.72. The highest BCUT2D eigenvalue weighted by Gasteiger charge is 2.12. The van der Waals surface area contributed by atoms with Gasteiger partial charge in [-0.15, -0.1) is 0 Å². The van der Waals surface area contributed by atoms with Crippen LogP contribution in [0.4, 0.5) is 0 Å². The number of hydrogen-bond acceptors (Lipinski definition) is 2. The molecular formula is C15H15N3S. The third-order valence-corrected chi connectivity index (χ3v) is 3.76. The van der Waals surface area contributed by atoms with Crippen LogP contribution in [0.5, 0.6) is 0 Å². The molecule has 3 nitrogen and oxygen atoms in total. The summed E-state index contributed by atoms with van der Waals surface area (Å²) in [4.78, 5) is 7.32. The molecule has 1 N–H and O–H groups in total. The highest BCUT2D eigenvalue weighted by atomic mass is 32.1. The van der Waals surface area contributed by atoms with E-state index < -0.39 is 0 Å². The van der Waals surface area contributed by atoms with Gasteiger partial charge in [-0.1, -0.05) is 29.8 Å². The highest BCUT2D eigenvalue weighted by molar-refractivity contribution is 7.71. The number of imidazole rings is 1. The topological polar surface area (TPSA) is 33.6 Å². The third-order valence-electron chi connectivity index (χ3n) is 3.47. The van der Waals surface area contributed by atoms with Crippen molar-refractivity contribution < 1.29 is 0 Å². The molecular weight excluding hydrogens is 254 g/mol. The second kappa shape index (κ2) is 4.63. The maximum Gasteiger partial charge on any atom is 0.178 e. The number of aryl methyl sites for hydroxylation is 1. The standard InChI is InChI=1S/C15H15N3S/c1-10-3-5-12(6-4-10)11(2)18-14-7-8-16-9-13(14)17-15(18)19/h3-9,11H,1-2H3,(H,17,19). The van der Waals surface area contributed by atoms with Crippen molar-refractivity contribution in [3.63, 3.8) is 0 Å². The molecule has 0 spiro atoms. The van der Waals surface area contributed by atoms with Gasteiger partial charge in [-0.05, 0) is 37.7 Å². The second-order valence-corrected chi connectivity index (χ2v) is 5.17. The lowest BCUT2D eigenvalue weighted by molar-refractivity contribution is 0.649. The molecule has 0 bridgehead atoms. The van der Waals surface area contributed by atoms with E-state index in [-0.39, 0.29) is 6.04 Å². The van der Waals surface area contributed by atoms with Crippen LogP contribution in [0.15, 0.2) is 42.7 Å². The SMILES string of the molecule is Cc1ccc(C(C)n2c(=S)[nH]c3cnccc32)cc1. The quantitative estimate of drug-likeness (QED) is 0.713. The number of aromatic amines is 1. The number of nitrogens with one attached hydrogen (secondary N) is 1. The number of aromatic nitrogens is 3. The maximum atomic E-state index is 5.43. The highest BCUT2D eigenvalue weighted by Crippen LogP contribution is 2.24. The van der Waals surface area contributed by atoms with Crippen LogP contribution in [0.2, 0.25) is 0 Å². The molecule has 0 saturated heterocycles. The minimum atomic E-state index is 0.198. The number of fused-ring (bicyclic) bond motifs is 1. The number of pyridine rings is 1. The van der Waals surface area contributed by atoms with Crippen molar-refractivity contribution in [3.05, 3.63) is 58.6 Å². The van der Waals surface area contributed by atoms with Gasteiger partial charge in [0.25, 0.3) is 0 Å². The van der Waals surface area contributed by atoms with E-state index in [0.717, 1.165) is 15.8 Å². The molecule has 96 valence electrons. The third kappa shape index (κ3) is 2.08. The largest absolute Gasteiger partial charge is 0.329 e. The van der Waals surface area contributed by atoms with Gasteiger partial charge in [-0.2, -0.15) is 0 Å². The molecule has 0 radical (unpaired) electrons. The molecule has 3 rings (SSSR count). The lowest BCUT2D eigenvalue weighted by atomic mass is 10.1. The van der Waals surface area contributed by atoms with Crippen LogP contribution in [-0.4, -0.2) is 14.5 Å². The minimum Gasteiger partial charge on any atom is -0.329 e. The number of rotatable bonds is 2. The molecule has 2 aromatic heterocycles. The average molecular weight is 269 g/mol. The monoisotopic (exact) mass is 269 g/mol. The van der Waals surface area contributed by atoms with Crippen LogP contribution in [0.3, 0.4) is 0 Å². The van der Waals surface area contributed by atoms with E-state index >= 15 is 0 Å². The zero-order chi connectivity index (χ0) is 13.4. The maximum absolute atomic E-state index is 5.43. The van der Waals surface area contributed by atoms with Gasteiger partial charge in [0.05, 0.1) is 23.3 Å². The van der Waals surface area contributed by atoms with Crippen LogP contribution in [0, 0.1) is 11.7 Å². The van der Waals surface area contributed by atoms with Crippen molar-refractivity contribution in [3.8, 4) is 0 Å². The van der Waals surface area contributed by atoms with Crippen molar-refractivity contribution in [2.75, 3.05) is 0 Å². The number of nitrogens with zero attached hydrogens (tertiary/aromatic N) is 2. The smallest absolute Gasteiger partial charge is 0.178 e. The Labute approximate surface area is 116 Å². The van der Waals surface area contributed by atoms with E-state index in [1.54, 1.807) is 6.20 Å². The van der Waals surface area contributed by atoms with E-state index in [1.807, 2.05) is 12.3 Å². The van der Waals surface area contributed by atoms with E-state index in [4.69, 9.17) is 12.2 Å². The summed E-state index contributed by atoms with van der Waals surface area (Å²) in [6.45, 7) is 4.26.